The predicted octanol–water partition coefficient (Wildman–Crippen LogP) is 3.83. The Kier molecular flexibility index (Phi) is 6.60. The van der Waals surface area contributed by atoms with Gasteiger partial charge in [-0.15, -0.1) is 0 Å². The third-order valence-corrected chi connectivity index (χ3v) is 6.75. The van der Waals surface area contributed by atoms with Gasteiger partial charge in [-0.3, -0.25) is 14.6 Å². The number of anilines is 1. The van der Waals surface area contributed by atoms with Gasteiger partial charge in [0.2, 0.25) is 5.91 Å². The lowest BCUT2D eigenvalue weighted by atomic mass is 9.85. The molecule has 0 radical (unpaired) electrons. The van der Waals surface area contributed by atoms with Crippen molar-refractivity contribution < 1.29 is 9.59 Å². The minimum atomic E-state index is -0.164. The van der Waals surface area contributed by atoms with Crippen molar-refractivity contribution in [3.8, 4) is 11.3 Å². The van der Waals surface area contributed by atoms with Gasteiger partial charge in [0.25, 0.3) is 5.91 Å². The second kappa shape index (κ2) is 9.81. The van der Waals surface area contributed by atoms with E-state index in [0.717, 1.165) is 44.1 Å². The molecule has 3 N–H and O–H groups in total. The van der Waals surface area contributed by atoms with Crippen LogP contribution in [0.25, 0.3) is 16.9 Å². The van der Waals surface area contributed by atoms with E-state index in [4.69, 9.17) is 11.6 Å². The van der Waals surface area contributed by atoms with Crippen molar-refractivity contribution in [1.82, 2.24) is 30.2 Å². The molecule has 0 aliphatic heterocycles. The molecule has 2 fully saturated rings. The molecule has 35 heavy (non-hydrogen) atoms. The number of pyridine rings is 1. The molecule has 0 bridgehead atoms. The summed E-state index contributed by atoms with van der Waals surface area (Å²) < 4.78 is 1.61. The summed E-state index contributed by atoms with van der Waals surface area (Å²) in [6.45, 7) is 4.04. The summed E-state index contributed by atoms with van der Waals surface area (Å²) in [4.78, 5) is 34.5. The Bertz CT molecular complexity index is 1250. The number of carbonyl (C=O) groups is 2. The molecule has 0 spiro atoms. The smallest absolute Gasteiger partial charge is 0.255 e. The number of halogens is 1. The van der Waals surface area contributed by atoms with Crippen LogP contribution in [0.3, 0.4) is 0 Å². The maximum Gasteiger partial charge on any atom is 0.255 e. The molecule has 2 aliphatic carbocycles. The second-order valence-electron chi connectivity index (χ2n) is 9.82. The molecule has 9 nitrogen and oxygen atoms in total. The van der Waals surface area contributed by atoms with E-state index in [1.165, 1.54) is 0 Å². The van der Waals surface area contributed by atoms with Crippen LogP contribution >= 0.6 is 11.6 Å². The lowest BCUT2D eigenvalue weighted by Gasteiger charge is -2.28. The van der Waals surface area contributed by atoms with Gasteiger partial charge >= 0.3 is 0 Å². The minimum absolute atomic E-state index is 0.0487. The Hall–Kier alpha value is -3.20. The molecule has 5 rings (SSSR count). The lowest BCUT2D eigenvalue weighted by molar-refractivity contribution is -0.126. The third-order valence-electron chi connectivity index (χ3n) is 6.55. The highest BCUT2D eigenvalue weighted by Gasteiger charge is 2.31. The second-order valence-corrected chi connectivity index (χ2v) is 10.3. The zero-order valence-electron chi connectivity index (χ0n) is 19.9. The number of hydrogen-bond acceptors (Lipinski definition) is 6. The largest absolute Gasteiger partial charge is 0.382 e. The lowest BCUT2D eigenvalue weighted by Crippen LogP contribution is -2.41. The van der Waals surface area contributed by atoms with E-state index in [1.807, 2.05) is 19.9 Å². The highest BCUT2D eigenvalue weighted by molar-refractivity contribution is 6.30. The average Bonchev–Trinajstić information content (AvgIpc) is 3.54. The van der Waals surface area contributed by atoms with Gasteiger partial charge in [0, 0.05) is 36.4 Å². The van der Waals surface area contributed by atoms with Crippen LogP contribution in [0.1, 0.15) is 62.7 Å². The summed E-state index contributed by atoms with van der Waals surface area (Å²) in [5.41, 5.74) is 3.24. The van der Waals surface area contributed by atoms with E-state index >= 15 is 0 Å². The molecule has 0 saturated heterocycles. The molecular formula is C25H30ClN7O2. The maximum absolute atomic E-state index is 13.2. The Morgan fingerprint density at radius 1 is 1.00 bits per heavy atom. The number of nitrogens with zero attached hydrogens (tertiary/aromatic N) is 4. The third kappa shape index (κ3) is 5.40. The molecule has 3 aromatic heterocycles. The van der Waals surface area contributed by atoms with Crippen LogP contribution in [0.5, 0.6) is 0 Å². The Morgan fingerprint density at radius 3 is 2.43 bits per heavy atom. The van der Waals surface area contributed by atoms with Crippen LogP contribution in [0.15, 0.2) is 30.9 Å². The van der Waals surface area contributed by atoms with Crippen LogP contribution in [0.2, 0.25) is 5.02 Å². The standard InChI is InChI=1S/C25H30ClN7O2/c1-14(2)30-22-9-21(19-12-29-33-13-16(26)10-28-23(19)33)27-11-20(22)25(35)32-17-5-3-15(4-6-17)24(34)31-18-7-8-18/h9-15,17-18H,3-8H2,1-2H3,(H,27,30)(H,31,34)(H,32,35). The fraction of sp³-hybridized carbons (Fsp3) is 0.480. The summed E-state index contributed by atoms with van der Waals surface area (Å²) in [6.07, 6.45) is 11.9. The van der Waals surface area contributed by atoms with Crippen LogP contribution in [0.4, 0.5) is 5.69 Å². The van der Waals surface area contributed by atoms with E-state index in [0.29, 0.717) is 33.7 Å². The molecule has 2 amide bonds. The number of carbonyl (C=O) groups excluding carboxylic acids is 2. The van der Waals surface area contributed by atoms with E-state index in [2.05, 4.69) is 31.0 Å². The molecule has 2 aliphatic rings. The first-order chi connectivity index (χ1) is 16.9. The van der Waals surface area contributed by atoms with Crippen molar-refractivity contribution in [3.63, 3.8) is 0 Å². The zero-order chi connectivity index (χ0) is 24.5. The van der Waals surface area contributed by atoms with Crippen molar-refractivity contribution in [2.75, 3.05) is 5.32 Å². The normalized spacial score (nSPS) is 20.1. The van der Waals surface area contributed by atoms with Crippen molar-refractivity contribution >= 4 is 34.7 Å². The van der Waals surface area contributed by atoms with Gasteiger partial charge < -0.3 is 16.0 Å². The molecule has 184 valence electrons. The first-order valence-corrected chi connectivity index (χ1v) is 12.6. The number of hydrogen-bond donors (Lipinski definition) is 3. The summed E-state index contributed by atoms with van der Waals surface area (Å²) in [5.74, 6) is 0.0602. The summed E-state index contributed by atoms with van der Waals surface area (Å²) in [5, 5.41) is 14.4. The minimum Gasteiger partial charge on any atom is -0.382 e. The van der Waals surface area contributed by atoms with Gasteiger partial charge in [-0.1, -0.05) is 11.6 Å². The number of nitrogens with one attached hydrogen (secondary N) is 3. The molecular weight excluding hydrogens is 466 g/mol. The van der Waals surface area contributed by atoms with E-state index in [-0.39, 0.29) is 29.8 Å². The molecule has 0 atom stereocenters. The fourth-order valence-corrected chi connectivity index (χ4v) is 4.70. The Labute approximate surface area is 209 Å². The summed E-state index contributed by atoms with van der Waals surface area (Å²) in [7, 11) is 0. The van der Waals surface area contributed by atoms with Gasteiger partial charge in [0.05, 0.1) is 39.9 Å². The van der Waals surface area contributed by atoms with Crippen LogP contribution in [-0.4, -0.2) is 49.5 Å². The maximum atomic E-state index is 13.2. The average molecular weight is 496 g/mol. The van der Waals surface area contributed by atoms with Crippen LogP contribution < -0.4 is 16.0 Å². The van der Waals surface area contributed by atoms with Gasteiger partial charge in [0.1, 0.15) is 0 Å². The SMILES string of the molecule is CC(C)Nc1cc(-c2cnn3cc(Cl)cnc23)ncc1C(=O)NC1CCC(C(=O)NC2CC2)CC1. The van der Waals surface area contributed by atoms with Crippen molar-refractivity contribution in [3.05, 3.63) is 41.4 Å². The first kappa shape index (κ1) is 23.5. The van der Waals surface area contributed by atoms with Gasteiger partial charge in [-0.2, -0.15) is 5.10 Å². The quantitative estimate of drug-likeness (QED) is 0.459. The predicted molar refractivity (Wildman–Crippen MR) is 134 cm³/mol. The number of aromatic nitrogens is 4. The number of rotatable bonds is 7. The summed E-state index contributed by atoms with van der Waals surface area (Å²) >= 11 is 6.02. The van der Waals surface area contributed by atoms with Crippen molar-refractivity contribution in [2.24, 2.45) is 5.92 Å². The van der Waals surface area contributed by atoms with E-state index in [1.54, 1.807) is 29.3 Å². The Morgan fingerprint density at radius 2 is 1.71 bits per heavy atom. The molecule has 0 aromatic carbocycles. The number of amides is 2. The highest BCUT2D eigenvalue weighted by atomic mass is 35.5. The topological polar surface area (TPSA) is 113 Å². The summed E-state index contributed by atoms with van der Waals surface area (Å²) in [6, 6.07) is 2.42. The van der Waals surface area contributed by atoms with Gasteiger partial charge in [-0.05, 0) is 58.4 Å². The fourth-order valence-electron chi connectivity index (χ4n) is 4.56. The molecule has 2 saturated carbocycles. The molecule has 10 heteroatoms. The zero-order valence-corrected chi connectivity index (χ0v) is 20.7. The van der Waals surface area contributed by atoms with Crippen LogP contribution in [-0.2, 0) is 4.79 Å². The molecule has 3 heterocycles. The van der Waals surface area contributed by atoms with Crippen LogP contribution in [0, 0.1) is 5.92 Å². The van der Waals surface area contributed by atoms with Crippen molar-refractivity contribution in [1.29, 1.82) is 0 Å². The van der Waals surface area contributed by atoms with Gasteiger partial charge in [0.15, 0.2) is 5.65 Å². The van der Waals surface area contributed by atoms with Crippen molar-refractivity contribution in [2.45, 2.75) is 70.5 Å². The number of fused-ring (bicyclic) bond motifs is 1. The van der Waals surface area contributed by atoms with E-state index < -0.39 is 0 Å². The van der Waals surface area contributed by atoms with Gasteiger partial charge in [-0.25, -0.2) is 9.50 Å². The monoisotopic (exact) mass is 495 g/mol. The Balaban J connectivity index is 1.30. The highest BCUT2D eigenvalue weighted by Crippen LogP contribution is 2.29. The molecule has 3 aromatic rings. The first-order valence-electron chi connectivity index (χ1n) is 12.2. The van der Waals surface area contributed by atoms with E-state index in [9.17, 15) is 9.59 Å². The molecule has 0 unspecified atom stereocenters.